The first-order valence-corrected chi connectivity index (χ1v) is 5.80. The van der Waals surface area contributed by atoms with Crippen molar-refractivity contribution in [1.29, 1.82) is 0 Å². The number of rotatable bonds is 3. The first-order chi connectivity index (χ1) is 8.31. The predicted octanol–water partition coefficient (Wildman–Crippen LogP) is 2.36. The van der Waals surface area contributed by atoms with E-state index in [1.807, 2.05) is 32.3 Å². The van der Waals surface area contributed by atoms with Crippen molar-refractivity contribution in [3.63, 3.8) is 0 Å². The molecule has 0 N–H and O–H groups in total. The highest BCUT2D eigenvalue weighted by atomic mass is 16.5. The van der Waals surface area contributed by atoms with E-state index in [4.69, 9.17) is 4.74 Å². The van der Waals surface area contributed by atoms with Gasteiger partial charge >= 0.3 is 0 Å². The van der Waals surface area contributed by atoms with Gasteiger partial charge in [-0.05, 0) is 19.1 Å². The van der Waals surface area contributed by atoms with E-state index in [-0.39, 0.29) is 0 Å². The lowest BCUT2D eigenvalue weighted by Gasteiger charge is -1.96. The van der Waals surface area contributed by atoms with Crippen LogP contribution >= 0.6 is 0 Å². The number of hydrogen-bond acceptors (Lipinski definition) is 2. The molecule has 0 spiro atoms. The van der Waals surface area contributed by atoms with Gasteiger partial charge in [0, 0.05) is 19.9 Å². The van der Waals surface area contributed by atoms with Crippen LogP contribution in [0.25, 0.3) is 16.8 Å². The van der Waals surface area contributed by atoms with Gasteiger partial charge in [0.15, 0.2) is 0 Å². The fourth-order valence-electron chi connectivity index (χ4n) is 2.17. The van der Waals surface area contributed by atoms with Gasteiger partial charge in [-0.1, -0.05) is 12.1 Å². The maximum Gasteiger partial charge on any atom is 0.214 e. The second-order valence-corrected chi connectivity index (χ2v) is 4.09. The van der Waals surface area contributed by atoms with E-state index in [9.17, 15) is 0 Å². The molecule has 0 bridgehead atoms. The zero-order valence-electron chi connectivity index (χ0n) is 10.1. The number of hydrogen-bond donors (Lipinski definition) is 0. The molecule has 2 heterocycles. The molecule has 0 aliphatic heterocycles. The molecule has 0 radical (unpaired) electrons. The number of imidazole rings is 2. The Hall–Kier alpha value is -1.81. The molecule has 2 aromatic heterocycles. The predicted molar refractivity (Wildman–Crippen MR) is 67.0 cm³/mol. The van der Waals surface area contributed by atoms with Crippen LogP contribution in [-0.4, -0.2) is 20.6 Å². The van der Waals surface area contributed by atoms with Crippen LogP contribution in [0.5, 0.6) is 0 Å². The third-order valence-corrected chi connectivity index (χ3v) is 2.99. The van der Waals surface area contributed by atoms with Gasteiger partial charge in [0.2, 0.25) is 5.78 Å². The van der Waals surface area contributed by atoms with E-state index in [2.05, 4.69) is 26.1 Å². The quantitative estimate of drug-likeness (QED) is 0.690. The summed E-state index contributed by atoms with van der Waals surface area (Å²) in [6, 6.07) is 8.30. The van der Waals surface area contributed by atoms with E-state index in [1.165, 1.54) is 11.0 Å². The molecule has 0 saturated carbocycles. The minimum absolute atomic E-state index is 0.576. The summed E-state index contributed by atoms with van der Waals surface area (Å²) in [6.45, 7) is 3.28. The fraction of sp³-hybridized carbons (Fsp3) is 0.308. The van der Waals surface area contributed by atoms with Gasteiger partial charge in [0.05, 0.1) is 23.3 Å². The van der Waals surface area contributed by atoms with E-state index in [1.54, 1.807) is 0 Å². The lowest BCUT2D eigenvalue weighted by molar-refractivity contribution is 0.131. The van der Waals surface area contributed by atoms with Crippen LogP contribution in [0.4, 0.5) is 0 Å². The van der Waals surface area contributed by atoms with Crippen molar-refractivity contribution in [2.45, 2.75) is 13.5 Å². The van der Waals surface area contributed by atoms with Crippen molar-refractivity contribution in [3.05, 3.63) is 36.2 Å². The Morgan fingerprint density at radius 2 is 2.00 bits per heavy atom. The summed E-state index contributed by atoms with van der Waals surface area (Å²) in [5.41, 5.74) is 3.35. The number of nitrogens with zero attached hydrogens (tertiary/aromatic N) is 3. The summed E-state index contributed by atoms with van der Waals surface area (Å²) in [5.74, 6) is 0.959. The fourth-order valence-corrected chi connectivity index (χ4v) is 2.17. The molecule has 17 heavy (non-hydrogen) atoms. The highest BCUT2D eigenvalue weighted by Crippen LogP contribution is 2.19. The first kappa shape index (κ1) is 10.4. The SMILES string of the molecule is CCOCc1cn2c3ccccc3n(C)c2n1. The monoisotopic (exact) mass is 229 g/mol. The van der Waals surface area contributed by atoms with Crippen molar-refractivity contribution in [2.75, 3.05) is 6.61 Å². The number of benzene rings is 1. The Balaban J connectivity index is 2.19. The first-order valence-electron chi connectivity index (χ1n) is 5.80. The summed E-state index contributed by atoms with van der Waals surface area (Å²) in [4.78, 5) is 4.59. The Kier molecular flexibility index (Phi) is 2.37. The molecule has 3 aromatic rings. The highest BCUT2D eigenvalue weighted by Gasteiger charge is 2.10. The summed E-state index contributed by atoms with van der Waals surface area (Å²) in [6.07, 6.45) is 2.05. The topological polar surface area (TPSA) is 31.5 Å². The molecule has 3 rings (SSSR count). The zero-order valence-corrected chi connectivity index (χ0v) is 10.1. The van der Waals surface area contributed by atoms with Gasteiger partial charge in [-0.15, -0.1) is 0 Å². The van der Waals surface area contributed by atoms with Crippen LogP contribution in [0.2, 0.25) is 0 Å². The number of ether oxygens (including phenoxy) is 1. The van der Waals surface area contributed by atoms with E-state index in [0.717, 1.165) is 11.5 Å². The van der Waals surface area contributed by atoms with Crippen LogP contribution in [0.3, 0.4) is 0 Å². The largest absolute Gasteiger partial charge is 0.375 e. The summed E-state index contributed by atoms with van der Waals surface area (Å²) >= 11 is 0. The second-order valence-electron chi connectivity index (χ2n) is 4.09. The smallest absolute Gasteiger partial charge is 0.214 e. The Labute approximate surface area is 99.4 Å². The molecule has 88 valence electrons. The highest BCUT2D eigenvalue weighted by molar-refractivity contribution is 5.80. The molecule has 4 heteroatoms. The zero-order chi connectivity index (χ0) is 11.8. The molecule has 1 aromatic carbocycles. The standard InChI is InChI=1S/C13H15N3O/c1-3-17-9-10-8-16-12-7-5-4-6-11(12)15(2)13(16)14-10/h4-8H,3,9H2,1-2H3. The van der Waals surface area contributed by atoms with E-state index >= 15 is 0 Å². The number of fused-ring (bicyclic) bond motifs is 3. The Bertz CT molecular complexity index is 666. The third-order valence-electron chi connectivity index (χ3n) is 2.99. The summed E-state index contributed by atoms with van der Waals surface area (Å²) < 4.78 is 9.60. The van der Waals surface area contributed by atoms with Crippen molar-refractivity contribution in [1.82, 2.24) is 14.0 Å². The summed E-state index contributed by atoms with van der Waals surface area (Å²) in [7, 11) is 2.04. The van der Waals surface area contributed by atoms with Crippen LogP contribution in [0, 0.1) is 0 Å². The lowest BCUT2D eigenvalue weighted by Crippen LogP contribution is -1.93. The van der Waals surface area contributed by atoms with Gasteiger partial charge in [-0.3, -0.25) is 4.40 Å². The molecule has 4 nitrogen and oxygen atoms in total. The number of aryl methyl sites for hydroxylation is 1. The second kappa shape index (κ2) is 3.89. The Morgan fingerprint density at radius 1 is 1.24 bits per heavy atom. The maximum absolute atomic E-state index is 5.39. The van der Waals surface area contributed by atoms with Crippen LogP contribution in [0.1, 0.15) is 12.6 Å². The molecule has 0 aliphatic rings. The van der Waals surface area contributed by atoms with Crippen LogP contribution < -0.4 is 0 Å². The lowest BCUT2D eigenvalue weighted by atomic mass is 10.3. The Morgan fingerprint density at radius 3 is 2.76 bits per heavy atom. The van der Waals surface area contributed by atoms with E-state index < -0.39 is 0 Å². The van der Waals surface area contributed by atoms with Gasteiger partial charge in [-0.2, -0.15) is 0 Å². The van der Waals surface area contributed by atoms with Crippen LogP contribution in [-0.2, 0) is 18.4 Å². The van der Waals surface area contributed by atoms with Gasteiger partial charge in [0.1, 0.15) is 0 Å². The molecule has 0 saturated heterocycles. The van der Waals surface area contributed by atoms with Crippen molar-refractivity contribution in [2.24, 2.45) is 7.05 Å². The molecule has 0 unspecified atom stereocenters. The van der Waals surface area contributed by atoms with Gasteiger partial charge in [0.25, 0.3) is 0 Å². The molecule has 0 amide bonds. The molecule has 0 aliphatic carbocycles. The molecular formula is C13H15N3O. The average molecular weight is 229 g/mol. The number of aromatic nitrogens is 3. The normalized spacial score (nSPS) is 11.6. The maximum atomic E-state index is 5.39. The molecule has 0 fully saturated rings. The minimum Gasteiger partial charge on any atom is -0.375 e. The summed E-state index contributed by atoms with van der Waals surface area (Å²) in [5, 5.41) is 0. The molecular weight excluding hydrogens is 214 g/mol. The van der Waals surface area contributed by atoms with E-state index in [0.29, 0.717) is 13.2 Å². The van der Waals surface area contributed by atoms with Crippen molar-refractivity contribution < 1.29 is 4.74 Å². The van der Waals surface area contributed by atoms with Crippen molar-refractivity contribution in [3.8, 4) is 0 Å². The van der Waals surface area contributed by atoms with Crippen molar-refractivity contribution >= 4 is 16.8 Å². The average Bonchev–Trinajstić information content (AvgIpc) is 2.88. The van der Waals surface area contributed by atoms with Crippen LogP contribution in [0.15, 0.2) is 30.5 Å². The number of para-hydroxylation sites is 2. The minimum atomic E-state index is 0.576. The van der Waals surface area contributed by atoms with Gasteiger partial charge in [-0.25, -0.2) is 4.98 Å². The van der Waals surface area contributed by atoms with Gasteiger partial charge < -0.3 is 9.30 Å². The third kappa shape index (κ3) is 1.52. The molecule has 0 atom stereocenters.